The largest absolute Gasteiger partial charge is 0.496 e. The third kappa shape index (κ3) is 1.90. The minimum Gasteiger partial charge on any atom is -0.496 e. The van der Waals surface area contributed by atoms with Crippen LogP contribution in [-0.2, 0) is 6.54 Å². The molecule has 3 aromatic rings. The van der Waals surface area contributed by atoms with Crippen molar-refractivity contribution < 1.29 is 4.74 Å². The first-order valence-electron chi connectivity index (χ1n) is 6.19. The van der Waals surface area contributed by atoms with Crippen molar-refractivity contribution in [3.63, 3.8) is 0 Å². The minimum absolute atomic E-state index is 0.263. The van der Waals surface area contributed by atoms with E-state index in [4.69, 9.17) is 10.3 Å². The molecule has 2 aromatic carbocycles. The SMILES string of the molecule is COc1c(CN=[N+]=[N-])ccc2ncc3ccccc3c12. The lowest BCUT2D eigenvalue weighted by molar-refractivity contribution is 0.415. The van der Waals surface area contributed by atoms with Gasteiger partial charge in [0.25, 0.3) is 0 Å². The molecular weight excluding hydrogens is 252 g/mol. The van der Waals surface area contributed by atoms with Crippen molar-refractivity contribution in [2.75, 3.05) is 7.11 Å². The van der Waals surface area contributed by atoms with E-state index >= 15 is 0 Å². The van der Waals surface area contributed by atoms with E-state index in [1.54, 1.807) is 7.11 Å². The Hall–Kier alpha value is -2.78. The molecule has 5 heteroatoms. The molecule has 5 nitrogen and oxygen atoms in total. The zero-order chi connectivity index (χ0) is 13.9. The summed E-state index contributed by atoms with van der Waals surface area (Å²) in [5.74, 6) is 0.721. The van der Waals surface area contributed by atoms with Gasteiger partial charge in [0.15, 0.2) is 0 Å². The fourth-order valence-electron chi connectivity index (χ4n) is 2.43. The number of hydrogen-bond acceptors (Lipinski definition) is 3. The summed E-state index contributed by atoms with van der Waals surface area (Å²) in [4.78, 5) is 7.26. The minimum atomic E-state index is 0.263. The zero-order valence-electron chi connectivity index (χ0n) is 10.9. The maximum absolute atomic E-state index is 8.48. The Morgan fingerprint density at radius 2 is 2.10 bits per heavy atom. The average molecular weight is 264 g/mol. The van der Waals surface area contributed by atoms with Crippen LogP contribution in [0.3, 0.4) is 0 Å². The fourth-order valence-corrected chi connectivity index (χ4v) is 2.43. The van der Waals surface area contributed by atoms with Gasteiger partial charge in [-0.3, -0.25) is 4.98 Å². The van der Waals surface area contributed by atoms with Gasteiger partial charge in [0.05, 0.1) is 24.6 Å². The van der Waals surface area contributed by atoms with E-state index in [1.807, 2.05) is 42.6 Å². The lowest BCUT2D eigenvalue weighted by atomic mass is 10.0. The van der Waals surface area contributed by atoms with E-state index in [2.05, 4.69) is 15.0 Å². The van der Waals surface area contributed by atoms with Gasteiger partial charge in [0.2, 0.25) is 0 Å². The van der Waals surface area contributed by atoms with Gasteiger partial charge in [-0.1, -0.05) is 35.4 Å². The lowest BCUT2D eigenvalue weighted by Gasteiger charge is -2.12. The third-order valence-electron chi connectivity index (χ3n) is 3.30. The third-order valence-corrected chi connectivity index (χ3v) is 3.30. The van der Waals surface area contributed by atoms with Gasteiger partial charge >= 0.3 is 0 Å². The average Bonchev–Trinajstić information content (AvgIpc) is 2.51. The smallest absolute Gasteiger partial charge is 0.132 e. The van der Waals surface area contributed by atoms with Crippen molar-refractivity contribution in [2.45, 2.75) is 6.54 Å². The number of methoxy groups -OCH3 is 1. The summed E-state index contributed by atoms with van der Waals surface area (Å²) in [6, 6.07) is 11.8. The number of pyridine rings is 1. The first-order chi connectivity index (χ1) is 9.85. The second-order valence-electron chi connectivity index (χ2n) is 4.39. The molecule has 98 valence electrons. The van der Waals surface area contributed by atoms with Crippen LogP contribution in [0, 0.1) is 0 Å². The molecule has 0 saturated heterocycles. The Labute approximate surface area is 115 Å². The number of aromatic nitrogens is 1. The summed E-state index contributed by atoms with van der Waals surface area (Å²) < 4.78 is 5.54. The van der Waals surface area contributed by atoms with Crippen molar-refractivity contribution in [1.29, 1.82) is 0 Å². The summed E-state index contributed by atoms with van der Waals surface area (Å²) in [5.41, 5.74) is 10.2. The molecule has 0 aliphatic heterocycles. The molecule has 0 bridgehead atoms. The Kier molecular flexibility index (Phi) is 3.11. The predicted molar refractivity (Wildman–Crippen MR) is 78.7 cm³/mol. The highest BCUT2D eigenvalue weighted by Gasteiger charge is 2.11. The molecular formula is C15H12N4O. The molecule has 0 aliphatic rings. The van der Waals surface area contributed by atoms with Gasteiger partial charge in [0, 0.05) is 22.1 Å². The Morgan fingerprint density at radius 3 is 2.90 bits per heavy atom. The van der Waals surface area contributed by atoms with Gasteiger partial charge in [-0.15, -0.1) is 0 Å². The van der Waals surface area contributed by atoms with Crippen LogP contribution in [0.2, 0.25) is 0 Å². The number of fused-ring (bicyclic) bond motifs is 3. The molecule has 0 radical (unpaired) electrons. The highest BCUT2D eigenvalue weighted by Crippen LogP contribution is 2.34. The van der Waals surface area contributed by atoms with Crippen molar-refractivity contribution in [1.82, 2.24) is 4.98 Å². The van der Waals surface area contributed by atoms with E-state index in [-0.39, 0.29) is 6.54 Å². The number of hydrogen-bond donors (Lipinski definition) is 0. The van der Waals surface area contributed by atoms with Gasteiger partial charge in [0.1, 0.15) is 5.75 Å². The van der Waals surface area contributed by atoms with Gasteiger partial charge in [-0.25, -0.2) is 0 Å². The maximum Gasteiger partial charge on any atom is 0.132 e. The monoisotopic (exact) mass is 264 g/mol. The summed E-state index contributed by atoms with van der Waals surface area (Å²) >= 11 is 0. The molecule has 1 aromatic heterocycles. The van der Waals surface area contributed by atoms with Crippen LogP contribution in [-0.4, -0.2) is 12.1 Å². The quantitative estimate of drug-likeness (QED) is 0.308. The van der Waals surface area contributed by atoms with Crippen molar-refractivity contribution in [2.24, 2.45) is 5.11 Å². The molecule has 1 heterocycles. The second kappa shape index (κ2) is 5.07. The van der Waals surface area contributed by atoms with Crippen LogP contribution in [0.4, 0.5) is 0 Å². The molecule has 0 N–H and O–H groups in total. The first kappa shape index (κ1) is 12.3. The normalized spacial score (nSPS) is 10.4. The zero-order valence-corrected chi connectivity index (χ0v) is 10.9. The van der Waals surface area contributed by atoms with Crippen LogP contribution in [0.25, 0.3) is 32.1 Å². The number of rotatable bonds is 3. The Morgan fingerprint density at radius 1 is 1.25 bits per heavy atom. The molecule has 0 amide bonds. The number of nitrogens with zero attached hydrogens (tertiary/aromatic N) is 4. The van der Waals surface area contributed by atoms with E-state index in [9.17, 15) is 0 Å². The number of benzene rings is 2. The number of ether oxygens (including phenoxy) is 1. The molecule has 20 heavy (non-hydrogen) atoms. The van der Waals surface area contributed by atoms with Crippen LogP contribution in [0.1, 0.15) is 5.56 Å². The summed E-state index contributed by atoms with van der Waals surface area (Å²) in [5, 5.41) is 6.71. The van der Waals surface area contributed by atoms with E-state index in [0.717, 1.165) is 33.0 Å². The van der Waals surface area contributed by atoms with Crippen molar-refractivity contribution >= 4 is 21.7 Å². The summed E-state index contributed by atoms with van der Waals surface area (Å²) in [6.45, 7) is 0.263. The van der Waals surface area contributed by atoms with E-state index < -0.39 is 0 Å². The molecule has 0 unspecified atom stereocenters. The molecule has 0 spiro atoms. The standard InChI is InChI=1S/C15H12N4O/c1-20-15-11(9-18-19-16)6-7-13-14(15)12-5-3-2-4-10(12)8-17-13/h2-8H,9H2,1H3. The summed E-state index contributed by atoms with van der Waals surface area (Å²) in [6.07, 6.45) is 1.85. The molecule has 0 saturated carbocycles. The van der Waals surface area contributed by atoms with Crippen LogP contribution >= 0.6 is 0 Å². The predicted octanol–water partition coefficient (Wildman–Crippen LogP) is 4.21. The summed E-state index contributed by atoms with van der Waals surface area (Å²) in [7, 11) is 1.62. The second-order valence-corrected chi connectivity index (χ2v) is 4.39. The maximum atomic E-state index is 8.48. The van der Waals surface area contributed by atoms with Gasteiger partial charge < -0.3 is 4.74 Å². The van der Waals surface area contributed by atoms with Gasteiger partial charge in [-0.2, -0.15) is 0 Å². The first-order valence-corrected chi connectivity index (χ1v) is 6.19. The van der Waals surface area contributed by atoms with Crippen molar-refractivity contribution in [3.05, 3.63) is 58.6 Å². The van der Waals surface area contributed by atoms with Crippen LogP contribution in [0.15, 0.2) is 47.7 Å². The topological polar surface area (TPSA) is 70.9 Å². The molecule has 3 rings (SSSR count). The fraction of sp³-hybridized carbons (Fsp3) is 0.133. The Bertz CT molecular complexity index is 838. The van der Waals surface area contributed by atoms with Gasteiger partial charge in [-0.05, 0) is 17.0 Å². The molecule has 0 atom stereocenters. The van der Waals surface area contributed by atoms with Crippen LogP contribution < -0.4 is 4.74 Å². The van der Waals surface area contributed by atoms with Crippen LogP contribution in [0.5, 0.6) is 5.75 Å². The highest BCUT2D eigenvalue weighted by molar-refractivity contribution is 6.09. The molecule has 0 fully saturated rings. The lowest BCUT2D eigenvalue weighted by Crippen LogP contribution is -1.94. The number of azide groups is 1. The van der Waals surface area contributed by atoms with E-state index in [0.29, 0.717) is 0 Å². The highest BCUT2D eigenvalue weighted by atomic mass is 16.5. The molecule has 0 aliphatic carbocycles. The van der Waals surface area contributed by atoms with E-state index in [1.165, 1.54) is 0 Å². The Balaban J connectivity index is 2.41. The van der Waals surface area contributed by atoms with Crippen molar-refractivity contribution in [3.8, 4) is 5.75 Å².